The van der Waals surface area contributed by atoms with Crippen molar-refractivity contribution in [2.24, 2.45) is 0 Å². The van der Waals surface area contributed by atoms with E-state index >= 15 is 0 Å². The number of rotatable bonds is 5. The van der Waals surface area contributed by atoms with Gasteiger partial charge in [0, 0.05) is 34.8 Å². The molecule has 6 nitrogen and oxygen atoms in total. The number of fused-ring (bicyclic) bond motifs is 1. The van der Waals surface area contributed by atoms with Crippen LogP contribution >= 0.6 is 0 Å². The lowest BCUT2D eigenvalue weighted by molar-refractivity contribution is -0.156. The van der Waals surface area contributed by atoms with Crippen LogP contribution in [0.25, 0.3) is 22.2 Å². The van der Waals surface area contributed by atoms with Gasteiger partial charge in [0.1, 0.15) is 17.0 Å². The van der Waals surface area contributed by atoms with Gasteiger partial charge in [0.05, 0.1) is 13.7 Å². The summed E-state index contributed by atoms with van der Waals surface area (Å²) in [6.07, 6.45) is 3.42. The van der Waals surface area contributed by atoms with Crippen LogP contribution in [0.3, 0.4) is 0 Å². The van der Waals surface area contributed by atoms with Crippen LogP contribution in [0.15, 0.2) is 30.5 Å². The van der Waals surface area contributed by atoms with Crippen LogP contribution < -0.4 is 4.74 Å². The summed E-state index contributed by atoms with van der Waals surface area (Å²) < 4.78 is 38.4. The number of benzene rings is 1. The molecule has 176 valence electrons. The molecule has 33 heavy (non-hydrogen) atoms. The Labute approximate surface area is 191 Å². The van der Waals surface area contributed by atoms with Crippen molar-refractivity contribution in [3.05, 3.63) is 47.8 Å². The van der Waals surface area contributed by atoms with Gasteiger partial charge in [0.2, 0.25) is 0 Å². The minimum absolute atomic E-state index is 0.208. The highest BCUT2D eigenvalue weighted by Gasteiger charge is 2.26. The number of ether oxygens (including phenoxy) is 2. The normalized spacial score (nSPS) is 15.7. The predicted molar refractivity (Wildman–Crippen MR) is 122 cm³/mol. The van der Waals surface area contributed by atoms with Crippen molar-refractivity contribution in [1.82, 2.24) is 14.9 Å². The van der Waals surface area contributed by atoms with Gasteiger partial charge in [-0.2, -0.15) is 0 Å². The molecule has 1 aliphatic heterocycles. The molecular weight excluding hydrogens is 428 g/mol. The smallest absolute Gasteiger partial charge is 0.320 e. The number of aromatic nitrogens is 2. The monoisotopic (exact) mass is 457 g/mol. The Morgan fingerprint density at radius 2 is 1.85 bits per heavy atom. The number of pyridine rings is 1. The molecule has 8 heteroatoms. The van der Waals surface area contributed by atoms with E-state index in [1.54, 1.807) is 12.3 Å². The zero-order chi connectivity index (χ0) is 23.8. The van der Waals surface area contributed by atoms with E-state index in [0.717, 1.165) is 54.7 Å². The number of H-pyrrole nitrogens is 1. The van der Waals surface area contributed by atoms with Crippen molar-refractivity contribution in [2.45, 2.75) is 45.1 Å². The molecule has 0 bridgehead atoms. The molecule has 3 aromatic rings. The highest BCUT2D eigenvalue weighted by Crippen LogP contribution is 2.38. The zero-order valence-electron chi connectivity index (χ0n) is 19.4. The number of carbonyl (C=O) groups is 1. The molecule has 1 saturated heterocycles. The van der Waals surface area contributed by atoms with E-state index < -0.39 is 17.2 Å². The van der Waals surface area contributed by atoms with Crippen molar-refractivity contribution in [3.8, 4) is 16.9 Å². The van der Waals surface area contributed by atoms with E-state index in [4.69, 9.17) is 9.47 Å². The summed E-state index contributed by atoms with van der Waals surface area (Å²) in [6, 6.07) is 6.03. The SMILES string of the molecule is COc1cc(F)c(F)cc1-c1ccnc2[nH]c(C3CCN(CC(=O)OC(C)(C)C)CC3)cc12. The van der Waals surface area contributed by atoms with Crippen molar-refractivity contribution < 1.29 is 23.0 Å². The second kappa shape index (κ2) is 9.09. The average Bonchev–Trinajstić information content (AvgIpc) is 3.19. The summed E-state index contributed by atoms with van der Waals surface area (Å²) in [5, 5.41) is 0.827. The maximum absolute atomic E-state index is 14.0. The molecule has 1 N–H and O–H groups in total. The van der Waals surface area contributed by atoms with Crippen molar-refractivity contribution in [3.63, 3.8) is 0 Å². The van der Waals surface area contributed by atoms with E-state index in [-0.39, 0.29) is 17.6 Å². The van der Waals surface area contributed by atoms with Gasteiger partial charge in [-0.15, -0.1) is 0 Å². The fourth-order valence-electron chi connectivity index (χ4n) is 4.37. The van der Waals surface area contributed by atoms with Crippen LogP contribution in [0.5, 0.6) is 5.75 Å². The number of methoxy groups -OCH3 is 1. The molecule has 1 aliphatic rings. The fourth-order valence-corrected chi connectivity index (χ4v) is 4.37. The molecule has 3 heterocycles. The lowest BCUT2D eigenvalue weighted by Crippen LogP contribution is -2.39. The van der Waals surface area contributed by atoms with E-state index in [1.165, 1.54) is 7.11 Å². The Morgan fingerprint density at radius 1 is 1.15 bits per heavy atom. The molecule has 0 atom stereocenters. The van der Waals surface area contributed by atoms with Gasteiger partial charge < -0.3 is 14.5 Å². The third-order valence-electron chi connectivity index (χ3n) is 5.89. The number of hydrogen-bond donors (Lipinski definition) is 1. The molecule has 0 aliphatic carbocycles. The maximum Gasteiger partial charge on any atom is 0.320 e. The van der Waals surface area contributed by atoms with Crippen LogP contribution in [0.1, 0.15) is 45.2 Å². The number of carbonyl (C=O) groups excluding carboxylic acids is 1. The highest BCUT2D eigenvalue weighted by atomic mass is 19.2. The van der Waals surface area contributed by atoms with Crippen LogP contribution in [0.2, 0.25) is 0 Å². The quantitative estimate of drug-likeness (QED) is 0.544. The second-order valence-corrected chi connectivity index (χ2v) is 9.45. The standard InChI is InChI=1S/C25H29F2N3O3/c1-25(2,3)33-23(31)14-30-9-6-15(7-10-30)21-12-18-16(5-8-28-24(18)29-21)17-11-19(26)20(27)13-22(17)32-4/h5,8,11-13,15H,6-7,9-10,14H2,1-4H3,(H,28,29). The Bertz CT molecular complexity index is 1160. The predicted octanol–water partition coefficient (Wildman–Crippen LogP) is 5.04. The first kappa shape index (κ1) is 23.2. The van der Waals surface area contributed by atoms with Gasteiger partial charge in [-0.1, -0.05) is 0 Å². The lowest BCUT2D eigenvalue weighted by atomic mass is 9.93. The van der Waals surface area contributed by atoms with Crippen molar-refractivity contribution >= 4 is 17.0 Å². The molecule has 0 spiro atoms. The van der Waals surface area contributed by atoms with E-state index in [9.17, 15) is 13.6 Å². The second-order valence-electron chi connectivity index (χ2n) is 9.45. The molecule has 0 radical (unpaired) electrons. The minimum Gasteiger partial charge on any atom is -0.496 e. The first-order valence-corrected chi connectivity index (χ1v) is 11.1. The van der Waals surface area contributed by atoms with Gasteiger partial charge in [-0.05, 0) is 70.5 Å². The number of esters is 1. The Kier molecular flexibility index (Phi) is 6.38. The van der Waals surface area contributed by atoms with Crippen molar-refractivity contribution in [2.75, 3.05) is 26.7 Å². The van der Waals surface area contributed by atoms with Gasteiger partial charge in [0.25, 0.3) is 0 Å². The number of likely N-dealkylation sites (tertiary alicyclic amines) is 1. The van der Waals surface area contributed by atoms with Crippen LogP contribution in [0, 0.1) is 11.6 Å². The molecule has 1 aromatic carbocycles. The summed E-state index contributed by atoms with van der Waals surface area (Å²) >= 11 is 0. The minimum atomic E-state index is -0.950. The molecule has 0 amide bonds. The number of nitrogens with zero attached hydrogens (tertiary/aromatic N) is 2. The molecule has 4 rings (SSSR count). The number of nitrogens with one attached hydrogen (secondary N) is 1. The molecular formula is C25H29F2N3O3. The van der Waals surface area contributed by atoms with Crippen LogP contribution in [0.4, 0.5) is 8.78 Å². The van der Waals surface area contributed by atoms with Crippen LogP contribution in [-0.2, 0) is 9.53 Å². The summed E-state index contributed by atoms with van der Waals surface area (Å²) in [7, 11) is 1.43. The summed E-state index contributed by atoms with van der Waals surface area (Å²) in [5.41, 5.74) is 2.44. The molecule has 0 saturated carbocycles. The zero-order valence-corrected chi connectivity index (χ0v) is 19.4. The molecule has 2 aromatic heterocycles. The summed E-state index contributed by atoms with van der Waals surface area (Å²) in [4.78, 5) is 22.1. The summed E-state index contributed by atoms with van der Waals surface area (Å²) in [5.74, 6) is -1.54. The Morgan fingerprint density at radius 3 is 2.52 bits per heavy atom. The van der Waals surface area contributed by atoms with Gasteiger partial charge >= 0.3 is 5.97 Å². The topological polar surface area (TPSA) is 67.5 Å². The first-order valence-electron chi connectivity index (χ1n) is 11.1. The number of aromatic amines is 1. The third-order valence-corrected chi connectivity index (χ3v) is 5.89. The Hall–Kier alpha value is -3.00. The number of halogens is 2. The van der Waals surface area contributed by atoms with Crippen molar-refractivity contribution in [1.29, 1.82) is 0 Å². The number of piperidine rings is 1. The number of hydrogen-bond acceptors (Lipinski definition) is 5. The molecule has 1 fully saturated rings. The first-order chi connectivity index (χ1) is 15.6. The van der Waals surface area contributed by atoms with Gasteiger partial charge in [-0.3, -0.25) is 9.69 Å². The third kappa shape index (κ3) is 5.16. The lowest BCUT2D eigenvalue weighted by Gasteiger charge is -2.31. The highest BCUT2D eigenvalue weighted by molar-refractivity contribution is 5.95. The summed E-state index contributed by atoms with van der Waals surface area (Å²) in [6.45, 7) is 7.47. The molecule has 0 unspecified atom stereocenters. The van der Waals surface area contributed by atoms with E-state index in [1.807, 2.05) is 26.8 Å². The van der Waals surface area contributed by atoms with Gasteiger partial charge in [0.15, 0.2) is 11.6 Å². The van der Waals surface area contributed by atoms with Crippen LogP contribution in [-0.4, -0.2) is 53.2 Å². The van der Waals surface area contributed by atoms with E-state index in [0.29, 0.717) is 17.8 Å². The average molecular weight is 458 g/mol. The Balaban J connectivity index is 1.53. The van der Waals surface area contributed by atoms with E-state index in [2.05, 4.69) is 14.9 Å². The maximum atomic E-state index is 14.0. The van der Waals surface area contributed by atoms with Gasteiger partial charge in [-0.25, -0.2) is 13.8 Å². The largest absolute Gasteiger partial charge is 0.496 e. The fraction of sp³-hybridized carbons (Fsp3) is 0.440.